The van der Waals surface area contributed by atoms with Gasteiger partial charge in [-0.25, -0.2) is 4.98 Å². The summed E-state index contributed by atoms with van der Waals surface area (Å²) in [6, 6.07) is 16.2. The average Bonchev–Trinajstić information content (AvgIpc) is 2.80. The molecule has 2 aromatic carbocycles. The lowest BCUT2D eigenvalue weighted by Gasteiger charge is -2.32. The summed E-state index contributed by atoms with van der Waals surface area (Å²) in [7, 11) is 0. The van der Waals surface area contributed by atoms with E-state index in [1.54, 1.807) is 17.0 Å². The van der Waals surface area contributed by atoms with Crippen molar-refractivity contribution in [3.8, 4) is 0 Å². The van der Waals surface area contributed by atoms with Crippen LogP contribution in [-0.4, -0.2) is 33.4 Å². The number of rotatable bonds is 7. The maximum atomic E-state index is 12.6. The molecule has 0 bridgehead atoms. The number of aryl methyl sites for hydroxylation is 3. The van der Waals surface area contributed by atoms with Gasteiger partial charge in [0.15, 0.2) is 0 Å². The minimum absolute atomic E-state index is 0.0348. The SMILES string of the molecule is Cc1ccc(CCC2CCN(C(=O)CCCn3cnc4ccccc4c3=O)CC2)cc1. The average molecular weight is 418 g/mol. The summed E-state index contributed by atoms with van der Waals surface area (Å²) in [4.78, 5) is 31.5. The highest BCUT2D eigenvalue weighted by molar-refractivity contribution is 5.77. The third kappa shape index (κ3) is 5.40. The number of carbonyl (C=O) groups is 1. The zero-order valence-corrected chi connectivity index (χ0v) is 18.3. The van der Waals surface area contributed by atoms with E-state index in [1.165, 1.54) is 17.5 Å². The first-order valence-electron chi connectivity index (χ1n) is 11.4. The lowest BCUT2D eigenvalue weighted by molar-refractivity contribution is -0.132. The monoisotopic (exact) mass is 417 g/mol. The molecule has 5 heteroatoms. The van der Waals surface area contributed by atoms with Crippen molar-refractivity contribution >= 4 is 16.8 Å². The molecule has 0 N–H and O–H groups in total. The molecule has 2 heterocycles. The van der Waals surface area contributed by atoms with Gasteiger partial charge in [0.25, 0.3) is 5.56 Å². The molecule has 0 atom stereocenters. The van der Waals surface area contributed by atoms with E-state index in [9.17, 15) is 9.59 Å². The summed E-state index contributed by atoms with van der Waals surface area (Å²) < 4.78 is 1.62. The van der Waals surface area contributed by atoms with Crippen LogP contribution in [0.15, 0.2) is 59.7 Å². The molecule has 1 aliphatic heterocycles. The van der Waals surface area contributed by atoms with Crippen molar-refractivity contribution in [2.24, 2.45) is 5.92 Å². The Kier molecular flexibility index (Phi) is 6.80. The molecular weight excluding hydrogens is 386 g/mol. The Hall–Kier alpha value is -2.95. The molecule has 162 valence electrons. The molecule has 1 amide bonds. The third-order valence-electron chi connectivity index (χ3n) is 6.45. The molecule has 31 heavy (non-hydrogen) atoms. The van der Waals surface area contributed by atoms with Crippen LogP contribution in [0.3, 0.4) is 0 Å². The first-order chi connectivity index (χ1) is 15.1. The maximum Gasteiger partial charge on any atom is 0.261 e. The number of nitrogens with zero attached hydrogens (tertiary/aromatic N) is 3. The number of para-hydroxylation sites is 1. The molecule has 3 aromatic rings. The molecule has 1 aromatic heterocycles. The van der Waals surface area contributed by atoms with Crippen LogP contribution in [-0.2, 0) is 17.8 Å². The number of likely N-dealkylation sites (tertiary alicyclic amines) is 1. The summed E-state index contributed by atoms with van der Waals surface area (Å²) in [5.41, 5.74) is 3.39. The van der Waals surface area contributed by atoms with Crippen LogP contribution >= 0.6 is 0 Å². The maximum absolute atomic E-state index is 12.6. The van der Waals surface area contributed by atoms with Crippen molar-refractivity contribution in [3.63, 3.8) is 0 Å². The predicted molar refractivity (Wildman–Crippen MR) is 124 cm³/mol. The Balaban J connectivity index is 1.20. The zero-order valence-electron chi connectivity index (χ0n) is 18.3. The normalized spacial score (nSPS) is 14.8. The van der Waals surface area contributed by atoms with Gasteiger partial charge in [-0.05, 0) is 62.6 Å². The summed E-state index contributed by atoms with van der Waals surface area (Å²) in [6.07, 6.45) is 7.22. The van der Waals surface area contributed by atoms with Gasteiger partial charge >= 0.3 is 0 Å². The fourth-order valence-corrected chi connectivity index (χ4v) is 4.42. The van der Waals surface area contributed by atoms with Crippen molar-refractivity contribution in [1.29, 1.82) is 0 Å². The van der Waals surface area contributed by atoms with Gasteiger partial charge in [-0.3, -0.25) is 14.2 Å². The van der Waals surface area contributed by atoms with Crippen molar-refractivity contribution < 1.29 is 4.79 Å². The van der Waals surface area contributed by atoms with Crippen LogP contribution in [0.2, 0.25) is 0 Å². The zero-order chi connectivity index (χ0) is 21.6. The number of hydrogen-bond donors (Lipinski definition) is 0. The van der Waals surface area contributed by atoms with E-state index in [2.05, 4.69) is 36.2 Å². The number of hydrogen-bond acceptors (Lipinski definition) is 3. The first kappa shape index (κ1) is 21.3. The highest BCUT2D eigenvalue weighted by Crippen LogP contribution is 2.23. The molecule has 4 rings (SSSR count). The second kappa shape index (κ2) is 9.90. The Bertz CT molecular complexity index is 1080. The molecule has 0 spiro atoms. The van der Waals surface area contributed by atoms with Crippen LogP contribution in [0.4, 0.5) is 0 Å². The molecule has 1 saturated heterocycles. The van der Waals surface area contributed by atoms with Crippen LogP contribution in [0.5, 0.6) is 0 Å². The van der Waals surface area contributed by atoms with Gasteiger partial charge in [0.2, 0.25) is 5.91 Å². The Morgan fingerprint density at radius 1 is 1.06 bits per heavy atom. The highest BCUT2D eigenvalue weighted by atomic mass is 16.2. The van der Waals surface area contributed by atoms with Gasteiger partial charge < -0.3 is 4.90 Å². The van der Waals surface area contributed by atoms with E-state index < -0.39 is 0 Å². The molecular formula is C26H31N3O2. The summed E-state index contributed by atoms with van der Waals surface area (Å²) in [5.74, 6) is 0.909. The third-order valence-corrected chi connectivity index (χ3v) is 6.45. The van der Waals surface area contributed by atoms with Crippen LogP contribution in [0.1, 0.15) is 43.2 Å². The van der Waals surface area contributed by atoms with E-state index in [0.717, 1.165) is 32.4 Å². The van der Waals surface area contributed by atoms with Gasteiger partial charge in [-0.1, -0.05) is 42.0 Å². The van der Waals surface area contributed by atoms with Crippen LogP contribution < -0.4 is 5.56 Å². The van der Waals surface area contributed by atoms with Gasteiger partial charge in [0.05, 0.1) is 17.2 Å². The van der Waals surface area contributed by atoms with E-state index in [0.29, 0.717) is 36.2 Å². The van der Waals surface area contributed by atoms with Crippen molar-refractivity contribution in [3.05, 3.63) is 76.3 Å². The quantitative estimate of drug-likeness (QED) is 0.574. The Labute approximate surface area is 183 Å². The summed E-state index contributed by atoms with van der Waals surface area (Å²) in [5, 5.41) is 0.629. The minimum atomic E-state index is -0.0348. The predicted octanol–water partition coefficient (Wildman–Crippen LogP) is 4.36. The van der Waals surface area contributed by atoms with Gasteiger partial charge in [0.1, 0.15) is 0 Å². The fourth-order valence-electron chi connectivity index (χ4n) is 4.42. The first-order valence-corrected chi connectivity index (χ1v) is 11.4. The molecule has 5 nitrogen and oxygen atoms in total. The van der Waals surface area contributed by atoms with Gasteiger partial charge in [-0.15, -0.1) is 0 Å². The number of benzene rings is 2. The Morgan fingerprint density at radius 3 is 2.58 bits per heavy atom. The smallest absolute Gasteiger partial charge is 0.261 e. The van der Waals surface area contributed by atoms with E-state index in [-0.39, 0.29) is 11.5 Å². The van der Waals surface area contributed by atoms with E-state index >= 15 is 0 Å². The summed E-state index contributed by atoms with van der Waals surface area (Å²) >= 11 is 0. The second-order valence-corrected chi connectivity index (χ2v) is 8.71. The van der Waals surface area contributed by atoms with Crippen molar-refractivity contribution in [2.75, 3.05) is 13.1 Å². The standard InChI is InChI=1S/C26H31N3O2/c1-20-8-10-21(11-9-20)12-13-22-14-17-28(18-15-22)25(30)7-4-16-29-19-27-24-6-3-2-5-23(24)26(29)31/h2-3,5-6,8-11,19,22H,4,7,12-18H2,1H3. The van der Waals surface area contributed by atoms with Crippen LogP contribution in [0.25, 0.3) is 10.9 Å². The van der Waals surface area contributed by atoms with Gasteiger partial charge in [-0.2, -0.15) is 0 Å². The van der Waals surface area contributed by atoms with Crippen molar-refractivity contribution in [2.45, 2.75) is 52.0 Å². The number of amides is 1. The molecule has 0 radical (unpaired) electrons. The topological polar surface area (TPSA) is 55.2 Å². The fraction of sp³-hybridized carbons (Fsp3) is 0.423. The lowest BCUT2D eigenvalue weighted by atomic mass is 9.90. The molecule has 0 unspecified atom stereocenters. The van der Waals surface area contributed by atoms with E-state index in [4.69, 9.17) is 0 Å². The molecule has 0 saturated carbocycles. The summed E-state index contributed by atoms with van der Waals surface area (Å²) in [6.45, 7) is 4.35. The van der Waals surface area contributed by atoms with Gasteiger partial charge in [0, 0.05) is 26.1 Å². The number of carbonyl (C=O) groups excluding carboxylic acids is 1. The highest BCUT2D eigenvalue weighted by Gasteiger charge is 2.22. The van der Waals surface area contributed by atoms with Crippen LogP contribution in [0, 0.1) is 12.8 Å². The second-order valence-electron chi connectivity index (χ2n) is 8.71. The molecule has 1 fully saturated rings. The Morgan fingerprint density at radius 2 is 1.81 bits per heavy atom. The lowest BCUT2D eigenvalue weighted by Crippen LogP contribution is -2.38. The molecule has 1 aliphatic rings. The molecule has 0 aliphatic carbocycles. The number of fused-ring (bicyclic) bond motifs is 1. The minimum Gasteiger partial charge on any atom is -0.343 e. The van der Waals surface area contributed by atoms with E-state index in [1.807, 2.05) is 23.1 Å². The number of aromatic nitrogens is 2. The van der Waals surface area contributed by atoms with Crippen molar-refractivity contribution in [1.82, 2.24) is 14.5 Å². The number of piperidine rings is 1. The largest absolute Gasteiger partial charge is 0.343 e.